The quantitative estimate of drug-likeness (QED) is 0.688. The van der Waals surface area contributed by atoms with Crippen LogP contribution in [0.15, 0.2) is 36.7 Å². The Morgan fingerprint density at radius 1 is 1.31 bits per heavy atom. The molecule has 1 aliphatic rings. The molecule has 150 valence electrons. The van der Waals surface area contributed by atoms with Crippen molar-refractivity contribution < 1.29 is 4.79 Å². The monoisotopic (exact) mass is 408 g/mol. The largest absolute Gasteiger partial charge is 0.339 e. The number of pyridine rings is 2. The van der Waals surface area contributed by atoms with Crippen molar-refractivity contribution in [1.29, 1.82) is 0 Å². The van der Waals surface area contributed by atoms with E-state index >= 15 is 0 Å². The van der Waals surface area contributed by atoms with E-state index in [4.69, 9.17) is 0 Å². The Labute approximate surface area is 174 Å². The maximum absolute atomic E-state index is 12.9. The van der Waals surface area contributed by atoms with Crippen molar-refractivity contribution >= 4 is 28.9 Å². The fourth-order valence-corrected chi connectivity index (χ4v) is 4.34. The summed E-state index contributed by atoms with van der Waals surface area (Å²) in [6, 6.07) is 8.02. The number of aromatic nitrogens is 4. The summed E-state index contributed by atoms with van der Waals surface area (Å²) >= 11 is 1.19. The summed E-state index contributed by atoms with van der Waals surface area (Å²) in [4.78, 5) is 24.6. The summed E-state index contributed by atoms with van der Waals surface area (Å²) in [6.45, 7) is 5.47. The van der Waals surface area contributed by atoms with Gasteiger partial charge in [0.05, 0.1) is 17.6 Å². The molecular weight excluding hydrogens is 384 g/mol. The lowest BCUT2D eigenvalue weighted by atomic mass is 9.94. The highest BCUT2D eigenvalue weighted by Gasteiger charge is 2.28. The number of carbonyl (C=O) groups is 1. The van der Waals surface area contributed by atoms with Crippen molar-refractivity contribution in [2.45, 2.75) is 39.0 Å². The molecule has 3 aromatic heterocycles. The number of anilines is 2. The van der Waals surface area contributed by atoms with Crippen LogP contribution in [0.4, 0.5) is 11.5 Å². The van der Waals surface area contributed by atoms with Crippen LogP contribution < -0.4 is 5.32 Å². The Morgan fingerprint density at radius 3 is 2.97 bits per heavy atom. The van der Waals surface area contributed by atoms with Gasteiger partial charge in [0.1, 0.15) is 10.7 Å². The van der Waals surface area contributed by atoms with Gasteiger partial charge in [-0.05, 0) is 61.5 Å². The molecule has 0 bridgehead atoms. The molecule has 0 radical (unpaired) electrons. The Balaban J connectivity index is 1.44. The number of amides is 1. The maximum atomic E-state index is 12.9. The van der Waals surface area contributed by atoms with Crippen LogP contribution in [-0.4, -0.2) is 43.5 Å². The molecule has 3 aromatic rings. The lowest BCUT2D eigenvalue weighted by molar-refractivity contribution is 0.0709. The Morgan fingerprint density at radius 2 is 2.21 bits per heavy atom. The molecular formula is C21H24N6OS. The third-order valence-electron chi connectivity index (χ3n) is 5.27. The molecule has 8 heteroatoms. The molecule has 1 fully saturated rings. The predicted octanol–water partition coefficient (Wildman–Crippen LogP) is 3.96. The third kappa shape index (κ3) is 4.27. The van der Waals surface area contributed by atoms with Crippen molar-refractivity contribution in [3.8, 4) is 0 Å². The fourth-order valence-electron chi connectivity index (χ4n) is 3.62. The number of likely N-dealkylation sites (tertiary alicyclic amines) is 1. The van der Waals surface area contributed by atoms with Gasteiger partial charge >= 0.3 is 0 Å². The lowest BCUT2D eigenvalue weighted by Gasteiger charge is -2.32. The van der Waals surface area contributed by atoms with E-state index in [-0.39, 0.29) is 11.8 Å². The Hall–Kier alpha value is -2.87. The number of hydrogen-bond donors (Lipinski definition) is 1. The van der Waals surface area contributed by atoms with Crippen LogP contribution >= 0.6 is 11.5 Å². The van der Waals surface area contributed by atoms with Gasteiger partial charge in [-0.3, -0.25) is 9.78 Å². The summed E-state index contributed by atoms with van der Waals surface area (Å²) in [5, 5.41) is 7.38. The van der Waals surface area contributed by atoms with Gasteiger partial charge in [-0.25, -0.2) is 4.98 Å². The molecule has 29 heavy (non-hydrogen) atoms. The van der Waals surface area contributed by atoms with E-state index < -0.39 is 0 Å². The number of hydrogen-bond acceptors (Lipinski definition) is 7. The predicted molar refractivity (Wildman–Crippen MR) is 114 cm³/mol. The molecule has 1 saturated heterocycles. The molecule has 4 rings (SSSR count). The van der Waals surface area contributed by atoms with E-state index in [1.54, 1.807) is 6.20 Å². The van der Waals surface area contributed by atoms with E-state index in [1.807, 2.05) is 49.2 Å². The van der Waals surface area contributed by atoms with Crippen LogP contribution in [0.5, 0.6) is 0 Å². The molecule has 0 aromatic carbocycles. The minimum absolute atomic E-state index is 0.0467. The number of piperidine rings is 1. The molecule has 0 aliphatic carbocycles. The van der Waals surface area contributed by atoms with Gasteiger partial charge < -0.3 is 10.2 Å². The van der Waals surface area contributed by atoms with Crippen LogP contribution in [0.25, 0.3) is 0 Å². The average Bonchev–Trinajstić information content (AvgIpc) is 3.24. The highest BCUT2D eigenvalue weighted by atomic mass is 32.1. The van der Waals surface area contributed by atoms with Crippen molar-refractivity contribution in [3.05, 3.63) is 58.5 Å². The van der Waals surface area contributed by atoms with E-state index in [1.165, 1.54) is 11.5 Å². The average molecular weight is 409 g/mol. The summed E-state index contributed by atoms with van der Waals surface area (Å²) < 4.78 is 3.96. The van der Waals surface area contributed by atoms with E-state index in [0.29, 0.717) is 11.4 Å². The number of nitrogens with zero attached hydrogens (tertiary/aromatic N) is 5. The first kappa shape index (κ1) is 19.4. The SMILES string of the molecule is CCc1nnsc1C(=O)N1CCC[C@@H](c2ccc(Nc3ncccc3C)cn2)C1. The zero-order valence-corrected chi connectivity index (χ0v) is 17.4. The maximum Gasteiger partial charge on any atom is 0.267 e. The molecule has 7 nitrogen and oxygen atoms in total. The topological polar surface area (TPSA) is 83.9 Å². The minimum Gasteiger partial charge on any atom is -0.339 e. The van der Waals surface area contributed by atoms with Gasteiger partial charge in [-0.1, -0.05) is 17.5 Å². The van der Waals surface area contributed by atoms with Gasteiger partial charge in [-0.2, -0.15) is 0 Å². The zero-order valence-electron chi connectivity index (χ0n) is 16.6. The highest BCUT2D eigenvalue weighted by molar-refractivity contribution is 7.08. The zero-order chi connectivity index (χ0) is 20.2. The number of carbonyl (C=O) groups excluding carboxylic acids is 1. The normalized spacial score (nSPS) is 16.6. The standard InChI is InChI=1S/C21H24N6OS/c1-3-17-19(29-26-25-17)21(28)27-11-5-7-15(13-27)18-9-8-16(12-23-18)24-20-14(2)6-4-10-22-20/h4,6,8-10,12,15H,3,5,7,11,13H2,1-2H3,(H,22,24)/t15-/m1/s1. The second kappa shape index (κ2) is 8.65. The first-order valence-corrected chi connectivity index (χ1v) is 10.7. The van der Waals surface area contributed by atoms with Gasteiger partial charge in [-0.15, -0.1) is 5.10 Å². The van der Waals surface area contributed by atoms with Gasteiger partial charge in [0.25, 0.3) is 5.91 Å². The molecule has 1 aliphatic heterocycles. The fraction of sp³-hybridized carbons (Fsp3) is 0.381. The second-order valence-electron chi connectivity index (χ2n) is 7.26. The number of nitrogens with one attached hydrogen (secondary N) is 1. The minimum atomic E-state index is 0.0467. The Kier molecular flexibility index (Phi) is 5.80. The van der Waals surface area contributed by atoms with Crippen molar-refractivity contribution in [1.82, 2.24) is 24.5 Å². The van der Waals surface area contributed by atoms with E-state index in [9.17, 15) is 4.79 Å². The molecule has 4 heterocycles. The van der Waals surface area contributed by atoms with Crippen molar-refractivity contribution in [3.63, 3.8) is 0 Å². The molecule has 1 atom stereocenters. The lowest BCUT2D eigenvalue weighted by Crippen LogP contribution is -2.39. The molecule has 1 N–H and O–H groups in total. The van der Waals surface area contributed by atoms with Gasteiger partial charge in [0, 0.05) is 30.9 Å². The smallest absolute Gasteiger partial charge is 0.267 e. The van der Waals surface area contributed by atoms with Gasteiger partial charge in [0.15, 0.2) is 0 Å². The summed E-state index contributed by atoms with van der Waals surface area (Å²) in [5.41, 5.74) is 3.80. The van der Waals surface area contributed by atoms with E-state index in [0.717, 1.165) is 54.3 Å². The first-order chi connectivity index (χ1) is 14.2. The van der Waals surface area contributed by atoms with Crippen LogP contribution in [0, 0.1) is 6.92 Å². The number of rotatable bonds is 5. The molecule has 0 saturated carbocycles. The summed E-state index contributed by atoms with van der Waals surface area (Å²) in [7, 11) is 0. The summed E-state index contributed by atoms with van der Waals surface area (Å²) in [5.74, 6) is 1.12. The molecule has 0 unspecified atom stereocenters. The van der Waals surface area contributed by atoms with Crippen molar-refractivity contribution in [2.75, 3.05) is 18.4 Å². The van der Waals surface area contributed by atoms with Crippen LogP contribution in [-0.2, 0) is 6.42 Å². The van der Waals surface area contributed by atoms with E-state index in [2.05, 4.69) is 24.9 Å². The van der Waals surface area contributed by atoms with Crippen molar-refractivity contribution in [2.24, 2.45) is 0 Å². The summed E-state index contributed by atoms with van der Waals surface area (Å²) in [6.07, 6.45) is 6.34. The molecule has 1 amide bonds. The van der Waals surface area contributed by atoms with Crippen LogP contribution in [0.2, 0.25) is 0 Å². The van der Waals surface area contributed by atoms with Crippen LogP contribution in [0.1, 0.15) is 52.3 Å². The number of aryl methyl sites for hydroxylation is 2. The van der Waals surface area contributed by atoms with Crippen LogP contribution in [0.3, 0.4) is 0 Å². The highest BCUT2D eigenvalue weighted by Crippen LogP contribution is 2.28. The Bertz CT molecular complexity index is 987. The van der Waals surface area contributed by atoms with Gasteiger partial charge in [0.2, 0.25) is 0 Å². The molecule has 0 spiro atoms. The first-order valence-electron chi connectivity index (χ1n) is 9.90. The third-order valence-corrected chi connectivity index (χ3v) is 6.03. The second-order valence-corrected chi connectivity index (χ2v) is 8.01.